The monoisotopic (exact) mass is 278 g/mol. The van der Waals surface area contributed by atoms with Gasteiger partial charge in [0.2, 0.25) is 0 Å². The Bertz CT molecular complexity index is 613. The molecule has 0 radical (unpaired) electrons. The van der Waals surface area contributed by atoms with Gasteiger partial charge in [-0.2, -0.15) is 0 Å². The predicted octanol–water partition coefficient (Wildman–Crippen LogP) is 3.43. The van der Waals surface area contributed by atoms with Crippen LogP contribution in [0.15, 0.2) is 12.3 Å². The van der Waals surface area contributed by atoms with E-state index in [1.54, 1.807) is 17.4 Å². The van der Waals surface area contributed by atoms with Gasteiger partial charge >= 0.3 is 5.97 Å². The molecule has 1 N–H and O–H groups in total. The molecular formula is C14H18N2O2S. The topological polar surface area (TPSA) is 55.1 Å². The van der Waals surface area contributed by atoms with Crippen molar-refractivity contribution in [3.8, 4) is 0 Å². The van der Waals surface area contributed by atoms with Gasteiger partial charge in [-0.3, -0.25) is 0 Å². The van der Waals surface area contributed by atoms with Crippen molar-refractivity contribution in [1.82, 2.24) is 9.55 Å². The number of aromatic nitrogens is 2. The summed E-state index contributed by atoms with van der Waals surface area (Å²) in [6.45, 7) is 7.95. The quantitative estimate of drug-likeness (QED) is 0.932. The zero-order chi connectivity index (χ0) is 14.2. The van der Waals surface area contributed by atoms with E-state index < -0.39 is 5.97 Å². The molecular weight excluding hydrogens is 260 g/mol. The maximum Gasteiger partial charge on any atom is 0.337 e. The van der Waals surface area contributed by atoms with Crippen molar-refractivity contribution in [2.75, 3.05) is 0 Å². The molecule has 0 bridgehead atoms. The van der Waals surface area contributed by atoms with Gasteiger partial charge in [0.1, 0.15) is 5.01 Å². The molecule has 0 aliphatic rings. The van der Waals surface area contributed by atoms with Crippen LogP contribution in [0.3, 0.4) is 0 Å². The van der Waals surface area contributed by atoms with Gasteiger partial charge in [0.05, 0.1) is 11.6 Å². The molecule has 0 aromatic carbocycles. The molecule has 2 aromatic heterocycles. The Morgan fingerprint density at radius 1 is 1.53 bits per heavy atom. The van der Waals surface area contributed by atoms with E-state index in [1.165, 1.54) is 4.88 Å². The molecule has 1 unspecified atom stereocenters. The molecule has 2 rings (SSSR count). The summed E-state index contributed by atoms with van der Waals surface area (Å²) in [6, 6.07) is 1.79. The molecule has 0 saturated heterocycles. The predicted molar refractivity (Wildman–Crippen MR) is 76.2 cm³/mol. The maximum atomic E-state index is 11.2. The summed E-state index contributed by atoms with van der Waals surface area (Å²) in [7, 11) is 0. The molecule has 1 atom stereocenters. The standard InChI is InChI=1S/C14H18N2O2S/c1-5-11-7-15-13(19-11)10(4)16-8(2)6-12(9(16)3)14(17)18/h6-7,10H,5H2,1-4H3,(H,17,18). The normalized spacial score (nSPS) is 12.6. The van der Waals surface area contributed by atoms with Crippen LogP contribution in [0, 0.1) is 13.8 Å². The van der Waals surface area contributed by atoms with E-state index in [4.69, 9.17) is 0 Å². The number of hydrogen-bond donors (Lipinski definition) is 1. The highest BCUT2D eigenvalue weighted by Gasteiger charge is 2.20. The van der Waals surface area contributed by atoms with Crippen LogP contribution in [0.1, 0.15) is 51.5 Å². The number of aromatic carboxylic acids is 1. The molecule has 0 amide bonds. The lowest BCUT2D eigenvalue weighted by molar-refractivity contribution is 0.0696. The molecule has 2 aromatic rings. The van der Waals surface area contributed by atoms with Crippen LogP contribution < -0.4 is 0 Å². The number of aryl methyl sites for hydroxylation is 2. The lowest BCUT2D eigenvalue weighted by Gasteiger charge is -2.16. The Labute approximate surface area is 116 Å². The molecule has 0 saturated carbocycles. The summed E-state index contributed by atoms with van der Waals surface area (Å²) in [5.74, 6) is -0.875. The first-order valence-electron chi connectivity index (χ1n) is 6.32. The number of carbonyl (C=O) groups is 1. The highest BCUT2D eigenvalue weighted by atomic mass is 32.1. The van der Waals surface area contributed by atoms with Crippen LogP contribution in [-0.2, 0) is 6.42 Å². The zero-order valence-corrected chi connectivity index (χ0v) is 12.4. The summed E-state index contributed by atoms with van der Waals surface area (Å²) >= 11 is 1.69. The van der Waals surface area contributed by atoms with Crippen LogP contribution in [0.25, 0.3) is 0 Å². The second-order valence-electron chi connectivity index (χ2n) is 4.65. The van der Waals surface area contributed by atoms with Crippen molar-refractivity contribution in [3.05, 3.63) is 39.1 Å². The molecule has 19 heavy (non-hydrogen) atoms. The van der Waals surface area contributed by atoms with Gasteiger partial charge in [0.15, 0.2) is 0 Å². The van der Waals surface area contributed by atoms with Gasteiger partial charge in [0, 0.05) is 22.5 Å². The van der Waals surface area contributed by atoms with E-state index in [1.807, 2.05) is 24.6 Å². The van der Waals surface area contributed by atoms with Crippen LogP contribution >= 0.6 is 11.3 Å². The fraction of sp³-hybridized carbons (Fsp3) is 0.429. The van der Waals surface area contributed by atoms with Crippen LogP contribution in [-0.4, -0.2) is 20.6 Å². The summed E-state index contributed by atoms with van der Waals surface area (Å²) in [4.78, 5) is 16.9. The second-order valence-corrected chi connectivity index (χ2v) is 5.80. The number of carboxylic acid groups (broad SMARTS) is 1. The SMILES string of the molecule is CCc1cnc(C(C)n2c(C)cc(C(=O)O)c2C)s1. The van der Waals surface area contributed by atoms with E-state index in [-0.39, 0.29) is 6.04 Å². The minimum atomic E-state index is -0.875. The van der Waals surface area contributed by atoms with Gasteiger partial charge < -0.3 is 9.67 Å². The van der Waals surface area contributed by atoms with E-state index >= 15 is 0 Å². The molecule has 5 heteroatoms. The number of thiazole rings is 1. The Hall–Kier alpha value is -1.62. The van der Waals surface area contributed by atoms with Crippen molar-refractivity contribution in [1.29, 1.82) is 0 Å². The Morgan fingerprint density at radius 2 is 2.21 bits per heavy atom. The lowest BCUT2D eigenvalue weighted by Crippen LogP contribution is -2.10. The highest BCUT2D eigenvalue weighted by Crippen LogP contribution is 2.28. The van der Waals surface area contributed by atoms with E-state index in [2.05, 4.69) is 18.8 Å². The third kappa shape index (κ3) is 2.42. The van der Waals surface area contributed by atoms with Crippen molar-refractivity contribution in [2.24, 2.45) is 0 Å². The Balaban J connectivity index is 2.43. The van der Waals surface area contributed by atoms with Crippen LogP contribution in [0.4, 0.5) is 0 Å². The highest BCUT2D eigenvalue weighted by molar-refractivity contribution is 7.11. The van der Waals surface area contributed by atoms with Crippen molar-refractivity contribution < 1.29 is 9.90 Å². The first-order valence-corrected chi connectivity index (χ1v) is 7.13. The summed E-state index contributed by atoms with van der Waals surface area (Å²) in [5, 5.41) is 10.2. The van der Waals surface area contributed by atoms with E-state index in [0.717, 1.165) is 22.8 Å². The molecule has 0 aliphatic carbocycles. The summed E-state index contributed by atoms with van der Waals surface area (Å²) < 4.78 is 2.04. The zero-order valence-electron chi connectivity index (χ0n) is 11.6. The maximum absolute atomic E-state index is 11.2. The van der Waals surface area contributed by atoms with Gasteiger partial charge in [-0.1, -0.05) is 6.92 Å². The number of rotatable bonds is 4. The fourth-order valence-electron chi connectivity index (χ4n) is 2.38. The number of nitrogens with zero attached hydrogens (tertiary/aromatic N) is 2. The molecule has 102 valence electrons. The molecule has 2 heterocycles. The average Bonchev–Trinajstić information content (AvgIpc) is 2.93. The average molecular weight is 278 g/mol. The van der Waals surface area contributed by atoms with E-state index in [9.17, 15) is 9.90 Å². The van der Waals surface area contributed by atoms with Crippen LogP contribution in [0.5, 0.6) is 0 Å². The third-order valence-corrected chi connectivity index (χ3v) is 4.69. The van der Waals surface area contributed by atoms with Gasteiger partial charge in [0.25, 0.3) is 0 Å². The minimum Gasteiger partial charge on any atom is -0.478 e. The smallest absolute Gasteiger partial charge is 0.337 e. The first-order chi connectivity index (χ1) is 8.95. The molecule has 0 aliphatic heterocycles. The molecule has 4 nitrogen and oxygen atoms in total. The minimum absolute atomic E-state index is 0.0680. The number of hydrogen-bond acceptors (Lipinski definition) is 3. The lowest BCUT2D eigenvalue weighted by atomic mass is 10.2. The second kappa shape index (κ2) is 5.17. The van der Waals surface area contributed by atoms with Crippen molar-refractivity contribution in [2.45, 2.75) is 40.2 Å². The largest absolute Gasteiger partial charge is 0.478 e. The van der Waals surface area contributed by atoms with E-state index in [0.29, 0.717) is 5.56 Å². The molecule has 0 spiro atoms. The van der Waals surface area contributed by atoms with Gasteiger partial charge in [-0.25, -0.2) is 9.78 Å². The fourth-order valence-corrected chi connectivity index (χ4v) is 3.28. The number of carboxylic acids is 1. The first kappa shape index (κ1) is 13.8. The van der Waals surface area contributed by atoms with Crippen molar-refractivity contribution >= 4 is 17.3 Å². The van der Waals surface area contributed by atoms with Crippen LogP contribution in [0.2, 0.25) is 0 Å². The Morgan fingerprint density at radius 3 is 2.68 bits per heavy atom. The third-order valence-electron chi connectivity index (χ3n) is 3.38. The Kier molecular flexibility index (Phi) is 3.75. The summed E-state index contributed by atoms with van der Waals surface area (Å²) in [6.07, 6.45) is 2.89. The summed E-state index contributed by atoms with van der Waals surface area (Å²) in [5.41, 5.74) is 2.11. The van der Waals surface area contributed by atoms with Gasteiger partial charge in [-0.05, 0) is 33.3 Å². The molecule has 0 fully saturated rings. The van der Waals surface area contributed by atoms with Crippen molar-refractivity contribution in [3.63, 3.8) is 0 Å². The van der Waals surface area contributed by atoms with Gasteiger partial charge in [-0.15, -0.1) is 11.3 Å².